The molecule has 0 radical (unpaired) electrons. The highest BCUT2D eigenvalue weighted by atomic mass is 19.1. The topological polar surface area (TPSA) is 80.4 Å². The van der Waals surface area contributed by atoms with E-state index in [-0.39, 0.29) is 25.7 Å². The number of hydrogen-bond acceptors (Lipinski definition) is 5. The van der Waals surface area contributed by atoms with Crippen molar-refractivity contribution in [1.82, 2.24) is 5.32 Å². The average Bonchev–Trinajstić information content (AvgIpc) is 2.45. The molecule has 0 aromatic heterocycles. The molecule has 0 heterocycles. The van der Waals surface area contributed by atoms with Crippen molar-refractivity contribution in [3.63, 3.8) is 0 Å². The summed E-state index contributed by atoms with van der Waals surface area (Å²) in [5, 5.41) is 11.1. The first-order valence-corrected chi connectivity index (χ1v) is 7.61. The Bertz CT molecular complexity index is 340. The van der Waals surface area contributed by atoms with E-state index in [1.165, 1.54) is 6.92 Å². The van der Waals surface area contributed by atoms with E-state index in [9.17, 15) is 4.39 Å². The van der Waals surface area contributed by atoms with Gasteiger partial charge in [-0.1, -0.05) is 0 Å². The first-order chi connectivity index (χ1) is 9.99. The Morgan fingerprint density at radius 1 is 1.38 bits per heavy atom. The largest absolute Gasteiger partial charge is 0.475 e. The highest BCUT2D eigenvalue weighted by Crippen LogP contribution is 2.17. The van der Waals surface area contributed by atoms with Gasteiger partial charge in [-0.25, -0.2) is 4.39 Å². The van der Waals surface area contributed by atoms with Gasteiger partial charge in [0.2, 0.25) is 5.90 Å². The van der Waals surface area contributed by atoms with Gasteiger partial charge in [0.15, 0.2) is 0 Å². The molecule has 21 heavy (non-hydrogen) atoms. The Hall–Kier alpha value is -1.14. The minimum absolute atomic E-state index is 0.0664. The van der Waals surface area contributed by atoms with Crippen LogP contribution in [0.5, 0.6) is 0 Å². The molecule has 122 valence electrons. The molecule has 0 bridgehead atoms. The van der Waals surface area contributed by atoms with Gasteiger partial charge < -0.3 is 20.5 Å². The Morgan fingerprint density at radius 3 is 2.67 bits per heavy atom. The van der Waals surface area contributed by atoms with Crippen molar-refractivity contribution in [1.29, 1.82) is 5.41 Å². The molecule has 6 heteroatoms. The van der Waals surface area contributed by atoms with Crippen LogP contribution in [0.2, 0.25) is 0 Å². The van der Waals surface area contributed by atoms with E-state index in [1.54, 1.807) is 0 Å². The fraction of sp³-hybridized carbons (Fsp3) is 0.800. The summed E-state index contributed by atoms with van der Waals surface area (Å²) in [6.45, 7) is 3.89. The third kappa shape index (κ3) is 8.02. The number of halogens is 1. The molecule has 1 rings (SSSR count). The second-order valence-corrected chi connectivity index (χ2v) is 5.64. The summed E-state index contributed by atoms with van der Waals surface area (Å²) in [6.07, 6.45) is 5.07. The minimum atomic E-state index is -0.973. The lowest BCUT2D eigenvalue weighted by Crippen LogP contribution is -2.35. The van der Waals surface area contributed by atoms with E-state index in [0.29, 0.717) is 12.1 Å². The molecule has 1 saturated carbocycles. The van der Waals surface area contributed by atoms with Crippen LogP contribution in [0.25, 0.3) is 0 Å². The number of ether oxygens (including phenoxy) is 2. The van der Waals surface area contributed by atoms with Gasteiger partial charge >= 0.3 is 0 Å². The van der Waals surface area contributed by atoms with Crippen LogP contribution >= 0.6 is 0 Å². The zero-order chi connectivity index (χ0) is 15.7. The summed E-state index contributed by atoms with van der Waals surface area (Å²) in [4.78, 5) is 0. The second-order valence-electron chi connectivity index (χ2n) is 5.64. The number of nitrogens with one attached hydrogen (secondary N) is 2. The highest BCUT2D eigenvalue weighted by molar-refractivity contribution is 5.90. The molecule has 4 N–H and O–H groups in total. The summed E-state index contributed by atoms with van der Waals surface area (Å²) in [6, 6.07) is 0.767. The fourth-order valence-corrected chi connectivity index (χ4v) is 2.16. The van der Waals surface area contributed by atoms with E-state index in [1.807, 2.05) is 13.1 Å². The van der Waals surface area contributed by atoms with Crippen LogP contribution in [0.3, 0.4) is 0 Å². The lowest BCUT2D eigenvalue weighted by molar-refractivity contribution is 0.0630. The molecule has 1 unspecified atom stereocenters. The summed E-state index contributed by atoms with van der Waals surface area (Å²) in [7, 11) is 0. The van der Waals surface area contributed by atoms with Gasteiger partial charge in [-0.3, -0.25) is 5.41 Å². The van der Waals surface area contributed by atoms with Crippen molar-refractivity contribution in [2.75, 3.05) is 19.8 Å². The molecule has 0 spiro atoms. The predicted molar refractivity (Wildman–Crippen MR) is 82.2 cm³/mol. The molecular formula is C15H28FN3O2. The van der Waals surface area contributed by atoms with Gasteiger partial charge in [-0.05, 0) is 39.5 Å². The zero-order valence-corrected chi connectivity index (χ0v) is 13.0. The maximum Gasteiger partial charge on any atom is 0.210 e. The van der Waals surface area contributed by atoms with Crippen molar-refractivity contribution in [2.45, 2.75) is 57.8 Å². The predicted octanol–water partition coefficient (Wildman–Crippen LogP) is 2.12. The Balaban J connectivity index is 2.16. The van der Waals surface area contributed by atoms with E-state index < -0.39 is 6.17 Å². The van der Waals surface area contributed by atoms with Crippen molar-refractivity contribution in [3.8, 4) is 0 Å². The number of hydrogen-bond donors (Lipinski definition) is 3. The van der Waals surface area contributed by atoms with E-state index >= 15 is 0 Å². The van der Waals surface area contributed by atoms with Crippen molar-refractivity contribution >= 4 is 5.90 Å². The molecule has 1 atom stereocenters. The van der Waals surface area contributed by atoms with Gasteiger partial charge in [-0.15, -0.1) is 0 Å². The first kappa shape index (κ1) is 17.9. The maximum absolute atomic E-state index is 12.5. The first-order valence-electron chi connectivity index (χ1n) is 7.61. The summed E-state index contributed by atoms with van der Waals surface area (Å²) >= 11 is 0. The summed E-state index contributed by atoms with van der Waals surface area (Å²) < 4.78 is 22.8. The molecule has 1 aliphatic carbocycles. The van der Waals surface area contributed by atoms with Crippen LogP contribution in [0, 0.1) is 5.41 Å². The Kier molecular flexibility index (Phi) is 8.30. The molecule has 0 aromatic carbocycles. The van der Waals surface area contributed by atoms with Crippen molar-refractivity contribution in [3.05, 3.63) is 11.8 Å². The smallest absolute Gasteiger partial charge is 0.210 e. The minimum Gasteiger partial charge on any atom is -0.475 e. The van der Waals surface area contributed by atoms with Gasteiger partial charge in [0.25, 0.3) is 0 Å². The van der Waals surface area contributed by atoms with Gasteiger partial charge in [-0.2, -0.15) is 0 Å². The molecule has 1 fully saturated rings. The third-order valence-corrected chi connectivity index (χ3v) is 3.49. The van der Waals surface area contributed by atoms with Crippen LogP contribution in [0.15, 0.2) is 11.8 Å². The van der Waals surface area contributed by atoms with Crippen LogP contribution in [0.1, 0.15) is 39.5 Å². The molecule has 0 aliphatic heterocycles. The number of nitrogens with two attached hydrogens (primary N) is 1. The van der Waals surface area contributed by atoms with Gasteiger partial charge in [0, 0.05) is 23.9 Å². The Morgan fingerprint density at radius 2 is 2.05 bits per heavy atom. The van der Waals surface area contributed by atoms with Crippen LogP contribution in [-0.2, 0) is 9.47 Å². The molecule has 0 amide bonds. The van der Waals surface area contributed by atoms with Crippen molar-refractivity contribution < 1.29 is 13.9 Å². The van der Waals surface area contributed by atoms with E-state index in [4.69, 9.17) is 20.6 Å². The fourth-order valence-electron chi connectivity index (χ4n) is 2.16. The molecule has 0 saturated heterocycles. The molecule has 1 aliphatic rings. The van der Waals surface area contributed by atoms with E-state index in [0.717, 1.165) is 31.3 Å². The number of alkyl halides is 1. The van der Waals surface area contributed by atoms with Gasteiger partial charge in [0.1, 0.15) is 12.8 Å². The Labute approximate surface area is 126 Å². The van der Waals surface area contributed by atoms with Gasteiger partial charge in [0.05, 0.1) is 13.2 Å². The second kappa shape index (κ2) is 9.73. The van der Waals surface area contributed by atoms with Crippen molar-refractivity contribution in [2.24, 2.45) is 5.73 Å². The summed E-state index contributed by atoms with van der Waals surface area (Å²) in [5.41, 5.74) is 6.61. The zero-order valence-electron chi connectivity index (χ0n) is 13.0. The van der Waals surface area contributed by atoms with Crippen LogP contribution in [0.4, 0.5) is 4.39 Å². The lowest BCUT2D eigenvalue weighted by atomic mass is 9.92. The quantitative estimate of drug-likeness (QED) is 0.364. The standard InChI is InChI=1S/C15H28FN3O2/c1-11(9-19-14-5-3-13(17)4-6-14)15(18)21-8-7-20-10-12(2)16/h9,12-14,18-19H,3-8,10,17H2,1-2H3/b11-9-,18-15?/t12?,13-,14-. The van der Waals surface area contributed by atoms with E-state index in [2.05, 4.69) is 5.32 Å². The monoisotopic (exact) mass is 301 g/mol. The SMILES string of the molecule is C/C(=C/N[C@H]1CC[C@H](N)CC1)C(=N)OCCOCC(C)F. The third-order valence-electron chi connectivity index (χ3n) is 3.49. The normalized spacial score (nSPS) is 24.5. The summed E-state index contributed by atoms with van der Waals surface area (Å²) in [5.74, 6) is 0.118. The average molecular weight is 301 g/mol. The highest BCUT2D eigenvalue weighted by Gasteiger charge is 2.17. The van der Waals surface area contributed by atoms with Crippen LogP contribution < -0.4 is 11.1 Å². The maximum atomic E-state index is 12.5. The lowest BCUT2D eigenvalue weighted by Gasteiger charge is -2.26. The molecular weight excluding hydrogens is 273 g/mol. The van der Waals surface area contributed by atoms with Crippen LogP contribution in [-0.4, -0.2) is 44.0 Å². The molecule has 5 nitrogen and oxygen atoms in total. The molecule has 0 aromatic rings. The number of rotatable bonds is 8.